The fourth-order valence-electron chi connectivity index (χ4n) is 3.62. The molecular weight excluding hydrogens is 368 g/mol. The van der Waals surface area contributed by atoms with Gasteiger partial charge in [0.15, 0.2) is 0 Å². The number of benzene rings is 2. The Morgan fingerprint density at radius 1 is 1.10 bits per heavy atom. The van der Waals surface area contributed by atoms with Crippen LogP contribution in [0.2, 0.25) is 0 Å². The van der Waals surface area contributed by atoms with Crippen molar-refractivity contribution in [2.45, 2.75) is 32.2 Å². The summed E-state index contributed by atoms with van der Waals surface area (Å²) in [5.74, 6) is -0.826. The number of anilines is 1. The minimum absolute atomic E-state index is 0.0397. The third-order valence-electron chi connectivity index (χ3n) is 5.16. The number of carbonyl (C=O) groups excluding carboxylic acids is 3. The van der Waals surface area contributed by atoms with Gasteiger partial charge in [-0.3, -0.25) is 9.59 Å². The number of amides is 2. The van der Waals surface area contributed by atoms with E-state index in [0.29, 0.717) is 30.7 Å². The Bertz CT molecular complexity index is 864. The molecule has 152 valence electrons. The van der Waals surface area contributed by atoms with Gasteiger partial charge in [-0.1, -0.05) is 37.3 Å². The molecule has 1 aliphatic rings. The van der Waals surface area contributed by atoms with E-state index in [1.54, 1.807) is 36.2 Å². The number of ether oxygens (including phenoxy) is 1. The largest absolute Gasteiger partial charge is 0.462 e. The van der Waals surface area contributed by atoms with Gasteiger partial charge in [0.25, 0.3) is 0 Å². The van der Waals surface area contributed by atoms with Gasteiger partial charge < -0.3 is 15.0 Å². The minimum atomic E-state index is -0.374. The molecule has 1 fully saturated rings. The van der Waals surface area contributed by atoms with E-state index in [4.69, 9.17) is 4.74 Å². The van der Waals surface area contributed by atoms with Crippen LogP contribution in [0.3, 0.4) is 0 Å². The van der Waals surface area contributed by atoms with Gasteiger partial charge in [0, 0.05) is 19.2 Å². The number of hydrogen-bond acceptors (Lipinski definition) is 4. The van der Waals surface area contributed by atoms with E-state index in [-0.39, 0.29) is 29.7 Å². The molecule has 1 N–H and O–H groups in total. The molecule has 0 saturated carbocycles. The monoisotopic (exact) mass is 394 g/mol. The Balaban J connectivity index is 1.73. The summed E-state index contributed by atoms with van der Waals surface area (Å²) < 4.78 is 5.11. The van der Waals surface area contributed by atoms with E-state index in [2.05, 4.69) is 5.32 Å². The fraction of sp³-hybridized carbons (Fsp3) is 0.348. The van der Waals surface area contributed by atoms with Crippen LogP contribution in [0.5, 0.6) is 0 Å². The maximum Gasteiger partial charge on any atom is 0.338 e. The van der Waals surface area contributed by atoms with E-state index >= 15 is 0 Å². The van der Waals surface area contributed by atoms with Crippen LogP contribution in [0, 0.1) is 5.92 Å². The Morgan fingerprint density at radius 2 is 1.79 bits per heavy atom. The summed E-state index contributed by atoms with van der Waals surface area (Å²) in [6.45, 7) is 2.32. The van der Waals surface area contributed by atoms with Gasteiger partial charge in [0.05, 0.1) is 24.1 Å². The molecule has 2 aromatic rings. The number of rotatable bonds is 6. The van der Waals surface area contributed by atoms with Crippen molar-refractivity contribution in [2.75, 3.05) is 19.0 Å². The molecule has 29 heavy (non-hydrogen) atoms. The average Bonchev–Trinajstić information content (AvgIpc) is 2.74. The van der Waals surface area contributed by atoms with Crippen LogP contribution >= 0.6 is 0 Å². The predicted molar refractivity (Wildman–Crippen MR) is 110 cm³/mol. The summed E-state index contributed by atoms with van der Waals surface area (Å²) >= 11 is 0. The van der Waals surface area contributed by atoms with Crippen molar-refractivity contribution in [1.82, 2.24) is 4.90 Å². The molecule has 3 rings (SSSR count). The standard InChI is InChI=1S/C23H26N2O4/c1-3-15-29-23(28)17-9-11-18(12-10-17)24-22(27)19-13-14-20(26)25(2)21(19)16-7-5-4-6-8-16/h4-12,19,21H,3,13-15H2,1-2H3,(H,24,27). The zero-order valence-corrected chi connectivity index (χ0v) is 16.8. The van der Waals surface area contributed by atoms with Crippen molar-refractivity contribution in [3.8, 4) is 0 Å². The third-order valence-corrected chi connectivity index (χ3v) is 5.16. The van der Waals surface area contributed by atoms with Crippen LogP contribution in [0.15, 0.2) is 54.6 Å². The lowest BCUT2D eigenvalue weighted by Gasteiger charge is -2.38. The number of nitrogens with zero attached hydrogens (tertiary/aromatic N) is 1. The van der Waals surface area contributed by atoms with Gasteiger partial charge in [0.2, 0.25) is 11.8 Å². The lowest BCUT2D eigenvalue weighted by molar-refractivity contribution is -0.140. The first-order valence-corrected chi connectivity index (χ1v) is 9.90. The normalized spacial score (nSPS) is 19.0. The van der Waals surface area contributed by atoms with Crippen LogP contribution in [0.25, 0.3) is 0 Å². The molecule has 1 aliphatic heterocycles. The summed E-state index contributed by atoms with van der Waals surface area (Å²) in [5, 5.41) is 2.93. The smallest absolute Gasteiger partial charge is 0.338 e. The van der Waals surface area contributed by atoms with Crippen LogP contribution in [0.4, 0.5) is 5.69 Å². The quantitative estimate of drug-likeness (QED) is 0.756. The molecule has 6 heteroatoms. The lowest BCUT2D eigenvalue weighted by atomic mass is 9.84. The summed E-state index contributed by atoms with van der Waals surface area (Å²) in [5.41, 5.74) is 1.99. The summed E-state index contributed by atoms with van der Waals surface area (Å²) in [4.78, 5) is 38.8. The number of hydrogen-bond donors (Lipinski definition) is 1. The van der Waals surface area contributed by atoms with E-state index in [1.807, 2.05) is 37.3 Å². The van der Waals surface area contributed by atoms with Crippen molar-refractivity contribution in [2.24, 2.45) is 5.92 Å². The summed E-state index contributed by atoms with van der Waals surface area (Å²) in [7, 11) is 1.75. The topological polar surface area (TPSA) is 75.7 Å². The molecule has 0 aromatic heterocycles. The molecule has 6 nitrogen and oxygen atoms in total. The third kappa shape index (κ3) is 4.83. The highest BCUT2D eigenvalue weighted by molar-refractivity contribution is 5.95. The molecule has 1 heterocycles. The number of carbonyl (C=O) groups is 3. The molecule has 0 radical (unpaired) electrons. The molecule has 2 atom stereocenters. The zero-order valence-electron chi connectivity index (χ0n) is 16.8. The second kappa shape index (κ2) is 9.37. The molecule has 2 aromatic carbocycles. The summed E-state index contributed by atoms with van der Waals surface area (Å²) in [6.07, 6.45) is 1.61. The van der Waals surface area contributed by atoms with E-state index in [9.17, 15) is 14.4 Å². The molecule has 1 saturated heterocycles. The average molecular weight is 394 g/mol. The molecule has 0 spiro atoms. The van der Waals surface area contributed by atoms with Gasteiger partial charge in [-0.05, 0) is 42.7 Å². The highest BCUT2D eigenvalue weighted by Crippen LogP contribution is 2.36. The number of piperidine rings is 1. The molecule has 0 bridgehead atoms. The van der Waals surface area contributed by atoms with Crippen molar-refractivity contribution >= 4 is 23.5 Å². The highest BCUT2D eigenvalue weighted by atomic mass is 16.5. The first kappa shape index (κ1) is 20.6. The van der Waals surface area contributed by atoms with Crippen LogP contribution in [-0.4, -0.2) is 36.3 Å². The van der Waals surface area contributed by atoms with Crippen molar-refractivity contribution in [1.29, 1.82) is 0 Å². The van der Waals surface area contributed by atoms with E-state index in [0.717, 1.165) is 12.0 Å². The highest BCUT2D eigenvalue weighted by Gasteiger charge is 2.38. The Labute approximate surface area is 170 Å². The number of esters is 1. The number of nitrogens with one attached hydrogen (secondary N) is 1. The van der Waals surface area contributed by atoms with Crippen LogP contribution < -0.4 is 5.32 Å². The van der Waals surface area contributed by atoms with Crippen LogP contribution in [0.1, 0.15) is 48.1 Å². The van der Waals surface area contributed by atoms with Crippen molar-refractivity contribution in [3.63, 3.8) is 0 Å². The minimum Gasteiger partial charge on any atom is -0.462 e. The summed E-state index contributed by atoms with van der Waals surface area (Å²) in [6, 6.07) is 16.0. The predicted octanol–water partition coefficient (Wildman–Crippen LogP) is 3.80. The van der Waals surface area contributed by atoms with E-state index < -0.39 is 0 Å². The first-order valence-electron chi connectivity index (χ1n) is 9.90. The van der Waals surface area contributed by atoms with Crippen molar-refractivity contribution in [3.05, 3.63) is 65.7 Å². The van der Waals surface area contributed by atoms with Gasteiger partial charge in [-0.2, -0.15) is 0 Å². The second-order valence-electron chi connectivity index (χ2n) is 7.21. The fourth-order valence-corrected chi connectivity index (χ4v) is 3.62. The second-order valence-corrected chi connectivity index (χ2v) is 7.21. The van der Waals surface area contributed by atoms with Gasteiger partial charge in [0.1, 0.15) is 0 Å². The van der Waals surface area contributed by atoms with Gasteiger partial charge in [-0.25, -0.2) is 4.79 Å². The number of likely N-dealkylation sites (tertiary alicyclic amines) is 1. The van der Waals surface area contributed by atoms with Gasteiger partial charge in [-0.15, -0.1) is 0 Å². The SMILES string of the molecule is CCCOC(=O)c1ccc(NC(=O)C2CCC(=O)N(C)C2c2ccccc2)cc1. The Kier molecular flexibility index (Phi) is 6.65. The first-order chi connectivity index (χ1) is 14.0. The zero-order chi connectivity index (χ0) is 20.8. The maximum atomic E-state index is 13.0. The molecule has 0 aliphatic carbocycles. The Morgan fingerprint density at radius 3 is 2.45 bits per heavy atom. The van der Waals surface area contributed by atoms with E-state index in [1.165, 1.54) is 0 Å². The Hall–Kier alpha value is -3.15. The molecular formula is C23H26N2O4. The van der Waals surface area contributed by atoms with Crippen LogP contribution in [-0.2, 0) is 14.3 Å². The maximum absolute atomic E-state index is 13.0. The van der Waals surface area contributed by atoms with Gasteiger partial charge >= 0.3 is 5.97 Å². The lowest BCUT2D eigenvalue weighted by Crippen LogP contribution is -2.44. The van der Waals surface area contributed by atoms with Crippen molar-refractivity contribution < 1.29 is 19.1 Å². The molecule has 2 amide bonds. The molecule has 2 unspecified atom stereocenters.